The summed E-state index contributed by atoms with van der Waals surface area (Å²) in [5.74, 6) is 0.547. The molecule has 4 heteroatoms. The number of aryl methyl sites for hydroxylation is 1. The molecule has 0 atom stereocenters. The Morgan fingerprint density at radius 1 is 1.64 bits per heavy atom. The highest BCUT2D eigenvalue weighted by Crippen LogP contribution is 2.22. The molecule has 60 valence electrons. The van der Waals surface area contributed by atoms with Gasteiger partial charge in [0.25, 0.3) is 0 Å². The summed E-state index contributed by atoms with van der Waals surface area (Å²) in [4.78, 5) is 0. The first-order valence-corrected chi connectivity index (χ1v) is 3.87. The van der Waals surface area contributed by atoms with Crippen LogP contribution in [0.2, 0.25) is 0 Å². The second-order valence-corrected chi connectivity index (χ2v) is 3.01. The zero-order valence-electron chi connectivity index (χ0n) is 6.30. The van der Waals surface area contributed by atoms with Crippen molar-refractivity contribution in [2.45, 2.75) is 6.92 Å². The summed E-state index contributed by atoms with van der Waals surface area (Å²) in [6.45, 7) is 1.73. The lowest BCUT2D eigenvalue weighted by molar-refractivity contribution is -0.612. The zero-order chi connectivity index (χ0) is 8.43. The minimum Gasteiger partial charge on any atom is -0.618 e. The van der Waals surface area contributed by atoms with Crippen LogP contribution >= 0.6 is 15.9 Å². The van der Waals surface area contributed by atoms with Crippen molar-refractivity contribution < 1.29 is 9.47 Å². The van der Waals surface area contributed by atoms with Crippen molar-refractivity contribution in [1.29, 1.82) is 0 Å². The number of hydrogen-bond acceptors (Lipinski definition) is 2. The van der Waals surface area contributed by atoms with Gasteiger partial charge in [0.1, 0.15) is 0 Å². The Kier molecular flexibility index (Phi) is 2.34. The minimum absolute atomic E-state index is 0.547. The van der Waals surface area contributed by atoms with Crippen molar-refractivity contribution in [3.05, 3.63) is 27.6 Å². The summed E-state index contributed by atoms with van der Waals surface area (Å²) in [7, 11) is 1.52. The Morgan fingerprint density at radius 3 is 2.82 bits per heavy atom. The third-order valence-electron chi connectivity index (χ3n) is 1.37. The fraction of sp³-hybridized carbons (Fsp3) is 0.286. The summed E-state index contributed by atoms with van der Waals surface area (Å²) in [6.07, 6.45) is 1.39. The number of pyridine rings is 1. The average molecular weight is 218 g/mol. The second-order valence-electron chi connectivity index (χ2n) is 2.16. The third-order valence-corrected chi connectivity index (χ3v) is 1.99. The maximum absolute atomic E-state index is 11.0. The molecule has 0 bridgehead atoms. The van der Waals surface area contributed by atoms with Crippen molar-refractivity contribution in [1.82, 2.24) is 0 Å². The molecule has 1 aromatic rings. The van der Waals surface area contributed by atoms with Gasteiger partial charge in [0, 0.05) is 13.0 Å². The first-order valence-electron chi connectivity index (χ1n) is 3.08. The van der Waals surface area contributed by atoms with E-state index in [2.05, 4.69) is 15.9 Å². The van der Waals surface area contributed by atoms with Gasteiger partial charge in [-0.1, -0.05) is 0 Å². The average Bonchev–Trinajstić information content (AvgIpc) is 1.97. The molecule has 0 spiro atoms. The predicted octanol–water partition coefficient (Wildman–Crippen LogP) is 1.40. The lowest BCUT2D eigenvalue weighted by atomic mass is 10.4. The number of ether oxygens (including phenoxy) is 1. The van der Waals surface area contributed by atoms with Gasteiger partial charge in [-0.15, -0.1) is 0 Å². The predicted molar refractivity (Wildman–Crippen MR) is 44.4 cm³/mol. The van der Waals surface area contributed by atoms with Crippen LogP contribution in [0.25, 0.3) is 0 Å². The maximum atomic E-state index is 11.0. The summed E-state index contributed by atoms with van der Waals surface area (Å²) < 4.78 is 6.48. The largest absolute Gasteiger partial charge is 0.618 e. The summed E-state index contributed by atoms with van der Waals surface area (Å²) in [5, 5.41) is 11.0. The van der Waals surface area contributed by atoms with Crippen LogP contribution in [0.3, 0.4) is 0 Å². The van der Waals surface area contributed by atoms with E-state index in [4.69, 9.17) is 4.74 Å². The van der Waals surface area contributed by atoms with Crippen molar-refractivity contribution in [2.75, 3.05) is 7.11 Å². The number of hydrogen-bond donors (Lipinski definition) is 0. The van der Waals surface area contributed by atoms with Gasteiger partial charge in [-0.2, -0.15) is 4.73 Å². The van der Waals surface area contributed by atoms with Crippen molar-refractivity contribution in [3.8, 4) is 5.75 Å². The Labute approximate surface area is 73.3 Å². The van der Waals surface area contributed by atoms with E-state index in [-0.39, 0.29) is 0 Å². The highest BCUT2D eigenvalue weighted by Gasteiger charge is 2.06. The molecule has 0 radical (unpaired) electrons. The monoisotopic (exact) mass is 217 g/mol. The second kappa shape index (κ2) is 3.09. The van der Waals surface area contributed by atoms with E-state index in [1.807, 2.05) is 0 Å². The molecule has 0 aliphatic carbocycles. The van der Waals surface area contributed by atoms with Crippen LogP contribution in [-0.4, -0.2) is 7.11 Å². The van der Waals surface area contributed by atoms with Crippen molar-refractivity contribution in [2.24, 2.45) is 0 Å². The van der Waals surface area contributed by atoms with E-state index in [9.17, 15) is 5.21 Å². The zero-order valence-corrected chi connectivity index (χ0v) is 7.88. The van der Waals surface area contributed by atoms with E-state index in [1.165, 1.54) is 13.3 Å². The normalized spacial score (nSPS) is 9.73. The summed E-state index contributed by atoms with van der Waals surface area (Å²) in [6, 6.07) is 1.71. The molecule has 1 aromatic heterocycles. The molecule has 1 rings (SSSR count). The van der Waals surface area contributed by atoms with Gasteiger partial charge in [0.05, 0.1) is 11.6 Å². The molecule has 0 fully saturated rings. The van der Waals surface area contributed by atoms with Gasteiger partial charge in [-0.3, -0.25) is 0 Å². The third kappa shape index (κ3) is 1.63. The number of halogens is 1. The van der Waals surface area contributed by atoms with Crippen LogP contribution in [0.15, 0.2) is 16.7 Å². The molecule has 0 unspecified atom stereocenters. The van der Waals surface area contributed by atoms with Crippen LogP contribution in [0.5, 0.6) is 5.75 Å². The Morgan fingerprint density at radius 2 is 2.27 bits per heavy atom. The SMILES string of the molecule is COc1c[n+]([O-])c(C)cc1Br. The van der Waals surface area contributed by atoms with Crippen LogP contribution in [0.4, 0.5) is 0 Å². The van der Waals surface area contributed by atoms with Crippen molar-refractivity contribution in [3.63, 3.8) is 0 Å². The lowest BCUT2D eigenvalue weighted by Crippen LogP contribution is -2.29. The fourth-order valence-electron chi connectivity index (χ4n) is 0.738. The molecule has 0 aromatic carbocycles. The topological polar surface area (TPSA) is 36.2 Å². The highest BCUT2D eigenvalue weighted by molar-refractivity contribution is 9.10. The van der Waals surface area contributed by atoms with Crippen LogP contribution in [0.1, 0.15) is 5.69 Å². The van der Waals surface area contributed by atoms with Crippen molar-refractivity contribution >= 4 is 15.9 Å². The molecule has 0 saturated heterocycles. The first-order chi connectivity index (χ1) is 5.15. The molecular formula is C7H8BrNO2. The molecule has 0 aliphatic heterocycles. The van der Waals surface area contributed by atoms with Crippen LogP contribution in [-0.2, 0) is 0 Å². The molecule has 0 saturated carbocycles. The number of rotatable bonds is 1. The molecule has 3 nitrogen and oxygen atoms in total. The van der Waals surface area contributed by atoms with E-state index in [0.717, 1.165) is 9.20 Å². The minimum atomic E-state index is 0.547. The van der Waals surface area contributed by atoms with E-state index in [0.29, 0.717) is 11.4 Å². The number of methoxy groups -OCH3 is 1. The summed E-state index contributed by atoms with van der Waals surface area (Å²) in [5.41, 5.74) is 0.637. The molecule has 0 amide bonds. The standard InChI is InChI=1S/C7H8BrNO2/c1-5-3-6(8)7(11-2)4-9(5)10/h3-4H,1-2H3. The first kappa shape index (κ1) is 8.33. The lowest BCUT2D eigenvalue weighted by Gasteiger charge is -2.04. The van der Waals surface area contributed by atoms with Gasteiger partial charge in [-0.25, -0.2) is 0 Å². The maximum Gasteiger partial charge on any atom is 0.223 e. The quantitative estimate of drug-likeness (QED) is 0.527. The molecule has 0 aliphatic rings. The van der Waals surface area contributed by atoms with Gasteiger partial charge < -0.3 is 9.94 Å². The number of aromatic nitrogens is 1. The molecule has 0 N–H and O–H groups in total. The van der Waals surface area contributed by atoms with Crippen LogP contribution < -0.4 is 9.47 Å². The van der Waals surface area contributed by atoms with Gasteiger partial charge in [0.2, 0.25) is 6.20 Å². The van der Waals surface area contributed by atoms with Gasteiger partial charge in [-0.05, 0) is 15.9 Å². The Bertz CT molecular complexity index is 275. The Balaban J connectivity index is 3.21. The van der Waals surface area contributed by atoms with Gasteiger partial charge >= 0.3 is 0 Å². The van der Waals surface area contributed by atoms with E-state index in [1.54, 1.807) is 13.0 Å². The molecule has 1 heterocycles. The van der Waals surface area contributed by atoms with Crippen LogP contribution in [0, 0.1) is 12.1 Å². The van der Waals surface area contributed by atoms with E-state index < -0.39 is 0 Å². The van der Waals surface area contributed by atoms with E-state index >= 15 is 0 Å². The molecule has 11 heavy (non-hydrogen) atoms. The molecular weight excluding hydrogens is 210 g/mol. The smallest absolute Gasteiger partial charge is 0.223 e. The van der Waals surface area contributed by atoms with Gasteiger partial charge in [0.15, 0.2) is 11.4 Å². The Hall–Kier alpha value is -0.770. The number of nitrogens with zero attached hydrogens (tertiary/aromatic N) is 1. The summed E-state index contributed by atoms with van der Waals surface area (Å²) >= 11 is 3.26. The highest BCUT2D eigenvalue weighted by atomic mass is 79.9. The fourth-order valence-corrected chi connectivity index (χ4v) is 1.33.